The Morgan fingerprint density at radius 3 is 2.33 bits per heavy atom. The predicted octanol–water partition coefficient (Wildman–Crippen LogP) is 1.83. The fraction of sp³-hybridized carbons (Fsp3) is 0.222. The number of ether oxygens (including phenoxy) is 1. The molecule has 0 heterocycles. The summed E-state index contributed by atoms with van der Waals surface area (Å²) in [5.74, 6) is -1.33. The predicted molar refractivity (Wildman–Crippen MR) is 98.9 cm³/mol. The van der Waals surface area contributed by atoms with E-state index in [0.29, 0.717) is 0 Å². The lowest BCUT2D eigenvalue weighted by molar-refractivity contribution is -0.123. The Hall–Kier alpha value is -2.91. The molecule has 0 aliphatic rings. The number of hydrogen-bond donors (Lipinski definition) is 2. The van der Waals surface area contributed by atoms with E-state index in [-0.39, 0.29) is 21.9 Å². The summed E-state index contributed by atoms with van der Waals surface area (Å²) >= 11 is 0. The summed E-state index contributed by atoms with van der Waals surface area (Å²) < 4.78 is 30.5. The standard InChI is InChI=1S/C18H20N2O6S/c1-12(26-18(23)13-7-9-15(21)10-8-13)17(22)19-14-5-4-6-16(11-14)27(24,25)20(2)3/h4-12,21H,1-3H3,(H,19,22)/t12-/m1/s1. The second-order valence-electron chi connectivity index (χ2n) is 5.90. The van der Waals surface area contributed by atoms with Crippen LogP contribution in [0.3, 0.4) is 0 Å². The van der Waals surface area contributed by atoms with Crippen molar-refractivity contribution >= 4 is 27.6 Å². The van der Waals surface area contributed by atoms with E-state index in [4.69, 9.17) is 4.74 Å². The molecule has 2 aromatic carbocycles. The van der Waals surface area contributed by atoms with Crippen LogP contribution >= 0.6 is 0 Å². The number of amides is 1. The summed E-state index contributed by atoms with van der Waals surface area (Å²) in [7, 11) is -0.821. The average molecular weight is 392 g/mol. The number of sulfonamides is 1. The van der Waals surface area contributed by atoms with Gasteiger partial charge in [-0.15, -0.1) is 0 Å². The molecule has 2 N–H and O–H groups in total. The first-order valence-electron chi connectivity index (χ1n) is 7.94. The highest BCUT2D eigenvalue weighted by Gasteiger charge is 2.21. The SMILES string of the molecule is C[C@@H](OC(=O)c1ccc(O)cc1)C(=O)Nc1cccc(S(=O)(=O)N(C)C)c1. The first kappa shape index (κ1) is 20.4. The van der Waals surface area contributed by atoms with Gasteiger partial charge in [0.15, 0.2) is 6.10 Å². The molecule has 0 saturated carbocycles. The molecular formula is C18H20N2O6S. The lowest BCUT2D eigenvalue weighted by Crippen LogP contribution is -2.30. The molecule has 2 aromatic rings. The highest BCUT2D eigenvalue weighted by atomic mass is 32.2. The molecule has 1 amide bonds. The molecule has 0 fully saturated rings. The first-order chi connectivity index (χ1) is 12.6. The number of phenols is 1. The largest absolute Gasteiger partial charge is 0.508 e. The third-order valence-electron chi connectivity index (χ3n) is 3.64. The number of hydrogen-bond acceptors (Lipinski definition) is 6. The fourth-order valence-corrected chi connectivity index (χ4v) is 3.02. The van der Waals surface area contributed by atoms with Crippen LogP contribution in [0.25, 0.3) is 0 Å². The van der Waals surface area contributed by atoms with Gasteiger partial charge in [-0.05, 0) is 49.4 Å². The van der Waals surface area contributed by atoms with Crippen molar-refractivity contribution in [1.82, 2.24) is 4.31 Å². The van der Waals surface area contributed by atoms with Gasteiger partial charge in [0.05, 0.1) is 10.5 Å². The van der Waals surface area contributed by atoms with Crippen molar-refractivity contribution in [3.63, 3.8) is 0 Å². The number of carbonyl (C=O) groups is 2. The van der Waals surface area contributed by atoms with Gasteiger partial charge in [-0.25, -0.2) is 17.5 Å². The molecule has 0 spiro atoms. The van der Waals surface area contributed by atoms with Crippen LogP contribution < -0.4 is 5.32 Å². The van der Waals surface area contributed by atoms with Crippen molar-refractivity contribution in [2.75, 3.05) is 19.4 Å². The third kappa shape index (κ3) is 5.05. The second-order valence-corrected chi connectivity index (χ2v) is 8.05. The summed E-state index contributed by atoms with van der Waals surface area (Å²) in [6, 6.07) is 11.2. The van der Waals surface area contributed by atoms with Crippen LogP contribution in [0.1, 0.15) is 17.3 Å². The summed E-state index contributed by atoms with van der Waals surface area (Å²) in [4.78, 5) is 24.3. The molecule has 8 nitrogen and oxygen atoms in total. The number of nitrogens with one attached hydrogen (secondary N) is 1. The van der Waals surface area contributed by atoms with Crippen LogP contribution in [-0.2, 0) is 19.6 Å². The number of aromatic hydroxyl groups is 1. The van der Waals surface area contributed by atoms with E-state index < -0.39 is 28.0 Å². The average Bonchev–Trinajstić information content (AvgIpc) is 2.62. The Morgan fingerprint density at radius 1 is 1.11 bits per heavy atom. The molecule has 9 heteroatoms. The maximum atomic E-state index is 12.2. The Labute approximate surface area is 157 Å². The minimum Gasteiger partial charge on any atom is -0.508 e. The number of rotatable bonds is 6. The molecule has 0 aromatic heterocycles. The monoisotopic (exact) mass is 392 g/mol. The Morgan fingerprint density at radius 2 is 1.74 bits per heavy atom. The highest BCUT2D eigenvalue weighted by Crippen LogP contribution is 2.18. The number of esters is 1. The summed E-state index contributed by atoms with van der Waals surface area (Å²) in [6.07, 6.45) is -1.11. The van der Waals surface area contributed by atoms with Crippen molar-refractivity contribution in [2.24, 2.45) is 0 Å². The fourth-order valence-electron chi connectivity index (χ4n) is 2.07. The zero-order valence-electron chi connectivity index (χ0n) is 15.0. The van der Waals surface area contributed by atoms with Crippen LogP contribution in [0.5, 0.6) is 5.75 Å². The number of benzene rings is 2. The van der Waals surface area contributed by atoms with Gasteiger partial charge in [0, 0.05) is 19.8 Å². The van der Waals surface area contributed by atoms with Gasteiger partial charge >= 0.3 is 5.97 Å². The Kier molecular flexibility index (Phi) is 6.19. The number of phenolic OH excluding ortho intramolecular Hbond substituents is 1. The van der Waals surface area contributed by atoms with Crippen LogP contribution in [0.2, 0.25) is 0 Å². The smallest absolute Gasteiger partial charge is 0.338 e. The van der Waals surface area contributed by atoms with Gasteiger partial charge < -0.3 is 15.2 Å². The number of anilines is 1. The minimum atomic E-state index is -3.64. The molecule has 2 rings (SSSR count). The Balaban J connectivity index is 2.06. The topological polar surface area (TPSA) is 113 Å². The minimum absolute atomic E-state index is 0.00454. The molecule has 0 bridgehead atoms. The van der Waals surface area contributed by atoms with E-state index in [1.807, 2.05) is 0 Å². The molecule has 0 radical (unpaired) electrons. The van der Waals surface area contributed by atoms with E-state index in [2.05, 4.69) is 5.32 Å². The lowest BCUT2D eigenvalue weighted by atomic mass is 10.2. The van der Waals surface area contributed by atoms with Gasteiger partial charge in [-0.2, -0.15) is 0 Å². The van der Waals surface area contributed by atoms with Gasteiger partial charge in [-0.1, -0.05) is 6.07 Å². The van der Waals surface area contributed by atoms with Gasteiger partial charge in [0.2, 0.25) is 10.0 Å². The van der Waals surface area contributed by atoms with Gasteiger partial charge in [0.1, 0.15) is 5.75 Å². The summed E-state index contributed by atoms with van der Waals surface area (Å²) in [6.45, 7) is 1.40. The molecule has 0 aliphatic heterocycles. The van der Waals surface area contributed by atoms with Crippen LogP contribution in [0, 0.1) is 0 Å². The van der Waals surface area contributed by atoms with Crippen molar-refractivity contribution in [3.8, 4) is 5.75 Å². The van der Waals surface area contributed by atoms with E-state index in [1.165, 1.54) is 69.6 Å². The Bertz CT molecular complexity index is 939. The maximum Gasteiger partial charge on any atom is 0.338 e. The number of nitrogens with zero attached hydrogens (tertiary/aromatic N) is 1. The molecule has 1 atom stereocenters. The van der Waals surface area contributed by atoms with Crippen LogP contribution in [-0.4, -0.2) is 49.9 Å². The van der Waals surface area contributed by atoms with Crippen molar-refractivity contribution in [3.05, 3.63) is 54.1 Å². The van der Waals surface area contributed by atoms with Gasteiger partial charge in [-0.3, -0.25) is 4.79 Å². The lowest BCUT2D eigenvalue weighted by Gasteiger charge is -2.15. The normalized spacial score (nSPS) is 12.4. The molecule has 144 valence electrons. The molecule has 27 heavy (non-hydrogen) atoms. The van der Waals surface area contributed by atoms with Crippen LogP contribution in [0.4, 0.5) is 5.69 Å². The van der Waals surface area contributed by atoms with Crippen molar-refractivity contribution < 1.29 is 27.9 Å². The summed E-state index contributed by atoms with van der Waals surface area (Å²) in [5, 5.41) is 11.7. The van der Waals surface area contributed by atoms with E-state index in [9.17, 15) is 23.1 Å². The molecular weight excluding hydrogens is 372 g/mol. The van der Waals surface area contributed by atoms with E-state index in [0.717, 1.165) is 4.31 Å². The number of carbonyl (C=O) groups excluding carboxylic acids is 2. The zero-order valence-corrected chi connectivity index (χ0v) is 15.9. The quantitative estimate of drug-likeness (QED) is 0.725. The van der Waals surface area contributed by atoms with E-state index >= 15 is 0 Å². The third-order valence-corrected chi connectivity index (χ3v) is 5.45. The van der Waals surface area contributed by atoms with Crippen molar-refractivity contribution in [2.45, 2.75) is 17.9 Å². The highest BCUT2D eigenvalue weighted by molar-refractivity contribution is 7.89. The van der Waals surface area contributed by atoms with Crippen LogP contribution in [0.15, 0.2) is 53.4 Å². The second kappa shape index (κ2) is 8.19. The summed E-state index contributed by atoms with van der Waals surface area (Å²) in [5.41, 5.74) is 0.446. The van der Waals surface area contributed by atoms with E-state index in [1.54, 1.807) is 0 Å². The maximum absolute atomic E-state index is 12.2. The van der Waals surface area contributed by atoms with Gasteiger partial charge in [0.25, 0.3) is 5.91 Å². The zero-order chi connectivity index (χ0) is 20.2. The first-order valence-corrected chi connectivity index (χ1v) is 9.38. The molecule has 0 unspecified atom stereocenters. The van der Waals surface area contributed by atoms with Crippen molar-refractivity contribution in [1.29, 1.82) is 0 Å². The molecule has 0 aliphatic carbocycles. The molecule has 0 saturated heterocycles.